The van der Waals surface area contributed by atoms with Gasteiger partial charge in [0.25, 0.3) is 5.91 Å². The fraction of sp³-hybridized carbons (Fsp3) is 0.0800. The topological polar surface area (TPSA) is 59.0 Å². The number of methoxy groups -OCH3 is 1. The zero-order chi connectivity index (χ0) is 21.1. The average molecular weight is 396 g/mol. The van der Waals surface area contributed by atoms with Crippen LogP contribution >= 0.6 is 0 Å². The van der Waals surface area contributed by atoms with Gasteiger partial charge in [0, 0.05) is 5.56 Å². The molecule has 0 fully saturated rings. The number of anilines is 1. The molecule has 1 aliphatic rings. The molecular formula is C25H20N2O3. The Labute approximate surface area is 174 Å². The number of amidine groups is 1. The van der Waals surface area contributed by atoms with E-state index in [1.807, 2.05) is 61.5 Å². The smallest absolute Gasteiger partial charge is 0.337 e. The van der Waals surface area contributed by atoms with Gasteiger partial charge in [-0.1, -0.05) is 60.2 Å². The van der Waals surface area contributed by atoms with Gasteiger partial charge in [-0.05, 0) is 42.8 Å². The van der Waals surface area contributed by atoms with Gasteiger partial charge in [-0.15, -0.1) is 0 Å². The largest absolute Gasteiger partial charge is 0.465 e. The van der Waals surface area contributed by atoms with E-state index in [2.05, 4.69) is 4.99 Å². The van der Waals surface area contributed by atoms with Gasteiger partial charge < -0.3 is 4.74 Å². The molecule has 0 spiro atoms. The van der Waals surface area contributed by atoms with Crippen molar-refractivity contribution in [2.75, 3.05) is 12.0 Å². The molecule has 5 heteroatoms. The highest BCUT2D eigenvalue weighted by Gasteiger charge is 2.32. The van der Waals surface area contributed by atoms with Gasteiger partial charge in [-0.2, -0.15) is 0 Å². The highest BCUT2D eigenvalue weighted by atomic mass is 16.5. The van der Waals surface area contributed by atoms with E-state index in [1.54, 1.807) is 35.2 Å². The Kier molecular flexibility index (Phi) is 5.26. The van der Waals surface area contributed by atoms with E-state index in [1.165, 1.54) is 7.11 Å². The van der Waals surface area contributed by atoms with Crippen molar-refractivity contribution in [1.29, 1.82) is 0 Å². The van der Waals surface area contributed by atoms with E-state index < -0.39 is 5.97 Å². The molecule has 0 aliphatic carbocycles. The number of carbonyl (C=O) groups excluding carboxylic acids is 2. The number of carbonyl (C=O) groups is 2. The first-order valence-corrected chi connectivity index (χ1v) is 9.52. The van der Waals surface area contributed by atoms with E-state index >= 15 is 0 Å². The maximum Gasteiger partial charge on any atom is 0.337 e. The lowest BCUT2D eigenvalue weighted by molar-refractivity contribution is -0.113. The van der Waals surface area contributed by atoms with Crippen LogP contribution in [-0.2, 0) is 9.53 Å². The summed E-state index contributed by atoms with van der Waals surface area (Å²) >= 11 is 0. The molecule has 0 atom stereocenters. The molecule has 0 saturated carbocycles. The molecule has 0 bridgehead atoms. The van der Waals surface area contributed by atoms with Crippen molar-refractivity contribution in [1.82, 2.24) is 0 Å². The van der Waals surface area contributed by atoms with Crippen LogP contribution in [-0.4, -0.2) is 24.8 Å². The summed E-state index contributed by atoms with van der Waals surface area (Å²) in [7, 11) is 1.34. The number of nitrogens with zero attached hydrogens (tertiary/aromatic N) is 2. The first kappa shape index (κ1) is 19.3. The Balaban J connectivity index is 1.75. The molecule has 0 unspecified atom stereocenters. The number of aliphatic imine (C=N–C) groups is 1. The molecule has 4 rings (SSSR count). The van der Waals surface area contributed by atoms with E-state index in [0.29, 0.717) is 17.1 Å². The third-order valence-corrected chi connectivity index (χ3v) is 4.82. The van der Waals surface area contributed by atoms with Crippen LogP contribution in [0.3, 0.4) is 0 Å². The molecule has 1 heterocycles. The van der Waals surface area contributed by atoms with Crippen LogP contribution in [0.5, 0.6) is 0 Å². The van der Waals surface area contributed by atoms with Gasteiger partial charge in [0.05, 0.1) is 18.4 Å². The zero-order valence-corrected chi connectivity index (χ0v) is 16.7. The summed E-state index contributed by atoms with van der Waals surface area (Å²) in [6.07, 6.45) is 1.72. The quantitative estimate of drug-likeness (QED) is 0.478. The van der Waals surface area contributed by atoms with Crippen molar-refractivity contribution in [2.45, 2.75) is 6.92 Å². The van der Waals surface area contributed by atoms with Gasteiger partial charge in [-0.3, -0.25) is 9.69 Å². The molecule has 3 aromatic rings. The van der Waals surface area contributed by atoms with Crippen LogP contribution in [0.25, 0.3) is 6.08 Å². The molecule has 30 heavy (non-hydrogen) atoms. The minimum atomic E-state index is -0.402. The zero-order valence-electron chi connectivity index (χ0n) is 16.7. The maximum atomic E-state index is 13.3. The Hall–Kier alpha value is -3.99. The summed E-state index contributed by atoms with van der Waals surface area (Å²) in [4.78, 5) is 31.2. The third kappa shape index (κ3) is 3.78. The summed E-state index contributed by atoms with van der Waals surface area (Å²) in [5, 5.41) is 0. The van der Waals surface area contributed by atoms with Crippen LogP contribution in [0.4, 0.5) is 5.69 Å². The standard InChI is InChI=1S/C25H20N2O3/c1-17-8-12-19(13-9-17)23-26-22(24(28)27(23)21-6-4-3-5-7-21)16-18-10-14-20(15-11-18)25(29)30-2/h3-16H,1-2H3/b22-16+. The van der Waals surface area contributed by atoms with Gasteiger partial charge in [-0.25, -0.2) is 9.79 Å². The van der Waals surface area contributed by atoms with E-state index in [-0.39, 0.29) is 5.91 Å². The van der Waals surface area contributed by atoms with E-state index in [4.69, 9.17) is 4.74 Å². The number of rotatable bonds is 4. The lowest BCUT2D eigenvalue weighted by atomic mass is 10.1. The highest BCUT2D eigenvalue weighted by molar-refractivity contribution is 6.33. The molecule has 148 valence electrons. The predicted octanol–water partition coefficient (Wildman–Crippen LogP) is 4.62. The summed E-state index contributed by atoms with van der Waals surface area (Å²) in [5.41, 5.74) is 4.31. The van der Waals surface area contributed by atoms with Crippen molar-refractivity contribution in [3.8, 4) is 0 Å². The Morgan fingerprint density at radius 3 is 2.23 bits per heavy atom. The van der Waals surface area contributed by atoms with Crippen molar-refractivity contribution >= 4 is 29.5 Å². The van der Waals surface area contributed by atoms with Crippen LogP contribution in [0, 0.1) is 6.92 Å². The second-order valence-electron chi connectivity index (χ2n) is 6.92. The van der Waals surface area contributed by atoms with Crippen LogP contribution in [0.1, 0.15) is 27.0 Å². The first-order valence-electron chi connectivity index (χ1n) is 9.52. The molecule has 0 N–H and O–H groups in total. The summed E-state index contributed by atoms with van der Waals surface area (Å²) in [5.74, 6) is -0.0153. The molecule has 0 saturated heterocycles. The summed E-state index contributed by atoms with van der Waals surface area (Å²) in [6.45, 7) is 2.02. The van der Waals surface area contributed by atoms with Gasteiger partial charge >= 0.3 is 5.97 Å². The third-order valence-electron chi connectivity index (χ3n) is 4.82. The van der Waals surface area contributed by atoms with E-state index in [9.17, 15) is 9.59 Å². The Bertz CT molecular complexity index is 1150. The summed E-state index contributed by atoms with van der Waals surface area (Å²) in [6, 6.07) is 24.2. The minimum Gasteiger partial charge on any atom is -0.465 e. The van der Waals surface area contributed by atoms with Gasteiger partial charge in [0.1, 0.15) is 11.5 Å². The monoisotopic (exact) mass is 396 g/mol. The van der Waals surface area contributed by atoms with Crippen LogP contribution in [0.2, 0.25) is 0 Å². The minimum absolute atomic E-state index is 0.200. The average Bonchev–Trinajstić information content (AvgIpc) is 3.10. The molecule has 5 nitrogen and oxygen atoms in total. The summed E-state index contributed by atoms with van der Waals surface area (Å²) < 4.78 is 4.72. The number of ether oxygens (including phenoxy) is 1. The number of aryl methyl sites for hydroxylation is 1. The second-order valence-corrected chi connectivity index (χ2v) is 6.92. The fourth-order valence-corrected chi connectivity index (χ4v) is 3.22. The molecule has 0 aromatic heterocycles. The molecule has 0 radical (unpaired) electrons. The van der Waals surface area contributed by atoms with Crippen molar-refractivity contribution < 1.29 is 14.3 Å². The predicted molar refractivity (Wildman–Crippen MR) is 117 cm³/mol. The number of para-hydroxylation sites is 1. The molecule has 3 aromatic carbocycles. The first-order chi connectivity index (χ1) is 14.6. The normalized spacial score (nSPS) is 14.7. The maximum absolute atomic E-state index is 13.3. The van der Waals surface area contributed by atoms with Crippen molar-refractivity contribution in [3.05, 3.63) is 107 Å². The second kappa shape index (κ2) is 8.17. The molecule has 1 aliphatic heterocycles. The number of benzene rings is 3. The fourth-order valence-electron chi connectivity index (χ4n) is 3.22. The van der Waals surface area contributed by atoms with E-state index in [0.717, 1.165) is 22.4 Å². The van der Waals surface area contributed by atoms with Crippen LogP contribution < -0.4 is 4.90 Å². The van der Waals surface area contributed by atoms with Crippen molar-refractivity contribution in [2.24, 2.45) is 4.99 Å². The van der Waals surface area contributed by atoms with Gasteiger partial charge in [0.15, 0.2) is 0 Å². The lowest BCUT2D eigenvalue weighted by Gasteiger charge is -2.18. The number of amides is 1. The Morgan fingerprint density at radius 2 is 1.60 bits per heavy atom. The van der Waals surface area contributed by atoms with Crippen LogP contribution in [0.15, 0.2) is 89.6 Å². The SMILES string of the molecule is COC(=O)c1ccc(/C=C2/N=C(c3ccc(C)cc3)N(c3ccccc3)C2=O)cc1. The molecular weight excluding hydrogens is 376 g/mol. The van der Waals surface area contributed by atoms with Crippen molar-refractivity contribution in [3.63, 3.8) is 0 Å². The number of esters is 1. The highest BCUT2D eigenvalue weighted by Crippen LogP contribution is 2.28. The number of hydrogen-bond donors (Lipinski definition) is 0. The lowest BCUT2D eigenvalue weighted by Crippen LogP contribution is -2.32. The van der Waals surface area contributed by atoms with Gasteiger partial charge in [0.2, 0.25) is 0 Å². The Morgan fingerprint density at radius 1 is 0.933 bits per heavy atom. The number of hydrogen-bond acceptors (Lipinski definition) is 4. The molecule has 1 amide bonds.